The van der Waals surface area contributed by atoms with E-state index in [1.165, 1.54) is 0 Å². The maximum Gasteiger partial charge on any atom is 0.410 e. The second-order valence-corrected chi connectivity index (χ2v) is 2.33. The van der Waals surface area contributed by atoms with E-state index < -0.39 is 17.7 Å². The zero-order valence-electron chi connectivity index (χ0n) is 4.36. The number of rotatable bonds is 0. The highest BCUT2D eigenvalue weighted by atomic mass is 17.6. The molecule has 7 nitrogen and oxygen atoms in total. The summed E-state index contributed by atoms with van der Waals surface area (Å²) in [5.41, 5.74) is 0. The molecule has 2 unspecified atom stereocenters. The molecule has 10 heavy (non-hydrogen) atoms. The van der Waals surface area contributed by atoms with Gasteiger partial charge in [-0.25, -0.2) is 0 Å². The molecule has 54 valence electrons. The van der Waals surface area contributed by atoms with Crippen LogP contribution in [0.5, 0.6) is 0 Å². The minimum absolute atomic E-state index is 1.12. The molecule has 4 aliphatic rings. The van der Waals surface area contributed by atoms with E-state index >= 15 is 0 Å². The van der Waals surface area contributed by atoms with Crippen molar-refractivity contribution in [3.63, 3.8) is 0 Å². The first-order chi connectivity index (χ1) is 4.83. The fraction of sp³-hybridized carbons (Fsp3) is 1.00. The molecule has 0 aliphatic carbocycles. The normalized spacial score (nSPS) is 64.8. The molecule has 4 fully saturated rings. The van der Waals surface area contributed by atoms with Crippen LogP contribution in [-0.4, -0.2) is 17.7 Å². The lowest BCUT2D eigenvalue weighted by Gasteiger charge is -2.18. The van der Waals surface area contributed by atoms with E-state index in [-0.39, 0.29) is 0 Å². The summed E-state index contributed by atoms with van der Waals surface area (Å²) in [5.74, 6) is -3.56. The molecule has 2 atom stereocenters. The van der Waals surface area contributed by atoms with Crippen molar-refractivity contribution in [3.05, 3.63) is 0 Å². The van der Waals surface area contributed by atoms with Crippen LogP contribution in [0.2, 0.25) is 0 Å². The number of ether oxygens (including phenoxy) is 2. The third-order valence-corrected chi connectivity index (χ3v) is 1.84. The zero-order chi connectivity index (χ0) is 6.45. The van der Waals surface area contributed by atoms with Gasteiger partial charge in [-0.1, -0.05) is 5.04 Å². The zero-order valence-corrected chi connectivity index (χ0v) is 4.36. The SMILES string of the molecule is O1OC23OC4(OO4)C2(O1)O3. The van der Waals surface area contributed by atoms with Crippen LogP contribution in [-0.2, 0) is 34.1 Å². The average molecular weight is 148 g/mol. The van der Waals surface area contributed by atoms with Crippen LogP contribution < -0.4 is 0 Å². The molecular formula is C3O7. The fourth-order valence-electron chi connectivity index (χ4n) is 1.20. The van der Waals surface area contributed by atoms with Crippen molar-refractivity contribution in [2.24, 2.45) is 0 Å². The molecule has 0 amide bonds. The predicted molar refractivity (Wildman–Crippen MR) is 15.8 cm³/mol. The Morgan fingerprint density at radius 1 is 0.700 bits per heavy atom. The van der Waals surface area contributed by atoms with E-state index in [0.29, 0.717) is 0 Å². The minimum Gasteiger partial charge on any atom is -0.270 e. The van der Waals surface area contributed by atoms with Crippen molar-refractivity contribution in [1.29, 1.82) is 0 Å². The number of epoxide rings is 1. The molecule has 0 radical (unpaired) electrons. The highest BCUT2D eigenvalue weighted by Crippen LogP contribution is 2.76. The van der Waals surface area contributed by atoms with Gasteiger partial charge in [0.25, 0.3) is 0 Å². The summed E-state index contributed by atoms with van der Waals surface area (Å²) in [6.07, 6.45) is 0. The van der Waals surface area contributed by atoms with Crippen LogP contribution in [0, 0.1) is 0 Å². The molecule has 0 bridgehead atoms. The lowest BCUT2D eigenvalue weighted by atomic mass is 10.2. The molecule has 4 saturated heterocycles. The topological polar surface area (TPSA) is 74.5 Å². The monoisotopic (exact) mass is 148 g/mol. The maximum atomic E-state index is 4.88. The highest BCUT2D eigenvalue weighted by molar-refractivity contribution is 5.15. The van der Waals surface area contributed by atoms with Crippen LogP contribution in [0.15, 0.2) is 0 Å². The van der Waals surface area contributed by atoms with E-state index in [1.54, 1.807) is 0 Å². The summed E-state index contributed by atoms with van der Waals surface area (Å²) < 4.78 is 9.75. The number of hydrogen-bond acceptors (Lipinski definition) is 7. The Hall–Kier alpha value is -0.280. The first kappa shape index (κ1) is 4.57. The lowest BCUT2D eigenvalue weighted by molar-refractivity contribution is -0.530. The van der Waals surface area contributed by atoms with E-state index in [2.05, 4.69) is 24.6 Å². The second-order valence-electron chi connectivity index (χ2n) is 2.33. The van der Waals surface area contributed by atoms with Gasteiger partial charge in [-0.05, 0) is 0 Å². The van der Waals surface area contributed by atoms with Crippen LogP contribution in [0.25, 0.3) is 0 Å². The Bertz CT molecular complexity index is 225. The van der Waals surface area contributed by atoms with Gasteiger partial charge < -0.3 is 0 Å². The third kappa shape index (κ3) is 0.210. The van der Waals surface area contributed by atoms with Gasteiger partial charge in [0, 0.05) is 0 Å². The quantitative estimate of drug-likeness (QED) is 0.319. The van der Waals surface area contributed by atoms with E-state index in [1.807, 2.05) is 0 Å². The molecule has 0 aromatic carbocycles. The fourth-order valence-corrected chi connectivity index (χ4v) is 1.20. The van der Waals surface area contributed by atoms with Gasteiger partial charge in [-0.15, -0.1) is 4.89 Å². The van der Waals surface area contributed by atoms with Crippen molar-refractivity contribution in [2.45, 2.75) is 17.7 Å². The van der Waals surface area contributed by atoms with Gasteiger partial charge in [0.1, 0.15) is 0 Å². The molecule has 7 heteroatoms. The van der Waals surface area contributed by atoms with Gasteiger partial charge in [0.05, 0.1) is 0 Å². The molecule has 0 aromatic heterocycles. The summed E-state index contributed by atoms with van der Waals surface area (Å²) >= 11 is 0. The minimum atomic E-state index is -1.22. The van der Waals surface area contributed by atoms with E-state index in [4.69, 9.17) is 9.47 Å². The molecule has 0 N–H and O–H groups in total. The smallest absolute Gasteiger partial charge is 0.270 e. The second kappa shape index (κ2) is 0.850. The van der Waals surface area contributed by atoms with Gasteiger partial charge in [-0.2, -0.15) is 14.7 Å². The first-order valence-corrected chi connectivity index (χ1v) is 2.63. The molecule has 4 heterocycles. The lowest BCUT2D eigenvalue weighted by Crippen LogP contribution is -2.54. The van der Waals surface area contributed by atoms with Crippen molar-refractivity contribution >= 4 is 0 Å². The molecule has 4 aliphatic heterocycles. The Kier molecular flexibility index (Phi) is 0.388. The van der Waals surface area contributed by atoms with Crippen molar-refractivity contribution < 1.29 is 34.1 Å². The number of hydrogen-bond donors (Lipinski definition) is 0. The van der Waals surface area contributed by atoms with Crippen molar-refractivity contribution in [2.75, 3.05) is 0 Å². The van der Waals surface area contributed by atoms with Gasteiger partial charge in [0.2, 0.25) is 0 Å². The highest BCUT2D eigenvalue weighted by Gasteiger charge is 3.09. The molecule has 4 rings (SSSR count). The van der Waals surface area contributed by atoms with E-state index in [0.717, 1.165) is 0 Å². The van der Waals surface area contributed by atoms with Crippen LogP contribution in [0.4, 0.5) is 0 Å². The van der Waals surface area contributed by atoms with Gasteiger partial charge in [-0.3, -0.25) is 9.47 Å². The van der Waals surface area contributed by atoms with Gasteiger partial charge >= 0.3 is 17.7 Å². The van der Waals surface area contributed by atoms with Crippen molar-refractivity contribution in [1.82, 2.24) is 0 Å². The average Bonchev–Trinajstić information content (AvgIpc) is 2.77. The van der Waals surface area contributed by atoms with Crippen LogP contribution in [0.1, 0.15) is 0 Å². The van der Waals surface area contributed by atoms with Crippen molar-refractivity contribution in [3.8, 4) is 0 Å². The molecule has 0 saturated carbocycles. The third-order valence-electron chi connectivity index (χ3n) is 1.84. The molecule has 1 spiro atoms. The van der Waals surface area contributed by atoms with Gasteiger partial charge in [0.15, 0.2) is 0 Å². The summed E-state index contributed by atoms with van der Waals surface area (Å²) in [7, 11) is 0. The largest absolute Gasteiger partial charge is 0.410 e. The summed E-state index contributed by atoms with van der Waals surface area (Å²) in [6, 6.07) is 0. The Morgan fingerprint density at radius 3 is 2.20 bits per heavy atom. The summed E-state index contributed by atoms with van der Waals surface area (Å²) in [4.78, 5) is 17.9. The predicted octanol–water partition coefficient (Wildman–Crippen LogP) is -1.09. The van der Waals surface area contributed by atoms with E-state index in [9.17, 15) is 0 Å². The summed E-state index contributed by atoms with van der Waals surface area (Å²) in [6.45, 7) is 0. The molecular weight excluding hydrogens is 148 g/mol. The standard InChI is InChI=1S/C3O7/c4-1-2(4,9-10-6-1)5-3(1)7-8-3. The maximum absolute atomic E-state index is 4.88. The summed E-state index contributed by atoms with van der Waals surface area (Å²) in [5, 5.41) is 4.14. The van der Waals surface area contributed by atoms with Crippen LogP contribution >= 0.6 is 0 Å². The Morgan fingerprint density at radius 2 is 1.60 bits per heavy atom. The Balaban J connectivity index is 1.89. The molecule has 0 aromatic rings. The van der Waals surface area contributed by atoms with Crippen LogP contribution in [0.3, 0.4) is 0 Å². The Labute approximate surface area is 53.0 Å². The first-order valence-electron chi connectivity index (χ1n) is 2.63.